The molecule has 11 nitrogen and oxygen atoms in total. The van der Waals surface area contributed by atoms with Crippen LogP contribution in [-0.4, -0.2) is 70.7 Å². The molecule has 0 radical (unpaired) electrons. The molecule has 284 valence electrons. The first kappa shape index (κ1) is 38.8. The third-order valence-electron chi connectivity index (χ3n) is 9.38. The van der Waals surface area contributed by atoms with Gasteiger partial charge in [0.25, 0.3) is 5.91 Å². The fraction of sp³-hybridized carbons (Fsp3) is 0.262. The Hall–Kier alpha value is -5.95. The van der Waals surface area contributed by atoms with Crippen molar-refractivity contribution in [3.05, 3.63) is 137 Å². The van der Waals surface area contributed by atoms with Crippen LogP contribution in [0, 0.1) is 5.82 Å². The lowest BCUT2D eigenvalue weighted by molar-refractivity contribution is -0.142. The number of hydrogen-bond acceptors (Lipinski definition) is 7. The highest BCUT2D eigenvalue weighted by molar-refractivity contribution is 8.03. The van der Waals surface area contributed by atoms with Crippen LogP contribution < -0.4 is 26.0 Å². The van der Waals surface area contributed by atoms with E-state index in [9.17, 15) is 33.5 Å². The van der Waals surface area contributed by atoms with Crippen molar-refractivity contribution in [1.29, 1.82) is 0 Å². The Balaban J connectivity index is 1.33. The summed E-state index contributed by atoms with van der Waals surface area (Å²) >= 11 is 1.55. The molecule has 0 saturated carbocycles. The summed E-state index contributed by atoms with van der Waals surface area (Å²) in [5, 5.41) is 23.0. The van der Waals surface area contributed by atoms with E-state index in [0.717, 1.165) is 11.1 Å². The summed E-state index contributed by atoms with van der Waals surface area (Å²) in [4.78, 5) is 67.8. The molecule has 7 rings (SSSR count). The molecule has 5 N–H and O–H groups in total. The lowest BCUT2D eigenvalue weighted by atomic mass is 9.99. The van der Waals surface area contributed by atoms with Crippen LogP contribution in [0.3, 0.4) is 0 Å². The predicted molar refractivity (Wildman–Crippen MR) is 206 cm³/mol. The van der Waals surface area contributed by atoms with Crippen LogP contribution in [-0.2, 0) is 43.2 Å². The molecule has 5 atom stereocenters. The predicted octanol–water partition coefficient (Wildman–Crippen LogP) is 4.35. The molecule has 13 heteroatoms. The number of amides is 4. The van der Waals surface area contributed by atoms with Gasteiger partial charge in [-0.2, -0.15) is 0 Å². The molecular weight excluding hydrogens is 724 g/mol. The average Bonchev–Trinajstić information content (AvgIpc) is 3.71. The van der Waals surface area contributed by atoms with Crippen molar-refractivity contribution in [2.24, 2.45) is 0 Å². The van der Waals surface area contributed by atoms with Crippen LogP contribution in [0.5, 0.6) is 5.75 Å². The highest BCUT2D eigenvalue weighted by Crippen LogP contribution is 2.28. The number of aliphatic carboxylic acids is 1. The number of benzene rings is 4. The second kappa shape index (κ2) is 18.4. The standard InChI is InChI=1S/C42H41FN4O7S/c43-31-16-10-27(11-17-31)22-35-40(50)47-37(42(52)53)23-28-12-18-32(19-13-28)54-25-38(48)44-36(24-33-7-4-20-55-33)41(51)46-34(39(49)45-35)21-26-8-14-30(15-9-26)29-5-2-1-3-6-29/h1-6,8-20,33-37H,7,21-25H2,(H,44,48)(H,45,49)(H,46,51)(H,47,50)(H,52,53)/t33?,34-,35+,36+,37-/m0/s1. The Kier molecular flexibility index (Phi) is 13.0. The van der Waals surface area contributed by atoms with Crippen molar-refractivity contribution in [3.63, 3.8) is 0 Å². The van der Waals surface area contributed by atoms with Gasteiger partial charge in [0.2, 0.25) is 17.7 Å². The third kappa shape index (κ3) is 11.0. The van der Waals surface area contributed by atoms with E-state index >= 15 is 0 Å². The summed E-state index contributed by atoms with van der Waals surface area (Å²) in [6.45, 7) is -0.393. The molecule has 0 fully saturated rings. The molecule has 4 amide bonds. The molecule has 0 aliphatic carbocycles. The van der Waals surface area contributed by atoms with E-state index in [1.165, 1.54) is 24.3 Å². The first-order valence-corrected chi connectivity index (χ1v) is 18.9. The highest BCUT2D eigenvalue weighted by Gasteiger charge is 2.33. The van der Waals surface area contributed by atoms with E-state index in [2.05, 4.69) is 21.3 Å². The maximum atomic E-state index is 14.3. The van der Waals surface area contributed by atoms with Crippen LogP contribution in [0.15, 0.2) is 115 Å². The fourth-order valence-corrected chi connectivity index (χ4v) is 7.38. The Bertz CT molecular complexity index is 2000. The van der Waals surface area contributed by atoms with Crippen LogP contribution in [0.2, 0.25) is 0 Å². The minimum Gasteiger partial charge on any atom is -0.484 e. The Morgan fingerprint density at radius 2 is 1.29 bits per heavy atom. The normalized spacial score (nSPS) is 22.2. The number of carbonyl (C=O) groups is 5. The van der Waals surface area contributed by atoms with Gasteiger partial charge in [-0.3, -0.25) is 19.2 Å². The molecule has 3 aliphatic heterocycles. The quantitative estimate of drug-likeness (QED) is 0.166. The molecule has 4 aromatic rings. The number of allylic oxidation sites excluding steroid dienone is 1. The van der Waals surface area contributed by atoms with Gasteiger partial charge in [-0.1, -0.05) is 84.9 Å². The third-order valence-corrected chi connectivity index (χ3v) is 10.5. The lowest BCUT2D eigenvalue weighted by Gasteiger charge is -2.27. The number of rotatable bonds is 8. The van der Waals surface area contributed by atoms with Crippen LogP contribution in [0.1, 0.15) is 29.5 Å². The molecule has 0 saturated heterocycles. The molecule has 0 spiro atoms. The van der Waals surface area contributed by atoms with Gasteiger partial charge < -0.3 is 31.1 Å². The summed E-state index contributed by atoms with van der Waals surface area (Å²) in [6, 6.07) is 24.1. The number of nitrogens with one attached hydrogen (secondary N) is 4. The van der Waals surface area contributed by atoms with E-state index in [1.807, 2.05) is 66.1 Å². The number of halogens is 1. The summed E-state index contributed by atoms with van der Waals surface area (Å²) in [5.41, 5.74) is 3.73. The number of fused-ring (bicyclic) bond motifs is 16. The van der Waals surface area contributed by atoms with Crippen molar-refractivity contribution >= 4 is 41.4 Å². The second-order valence-electron chi connectivity index (χ2n) is 13.5. The fourth-order valence-electron chi connectivity index (χ4n) is 6.41. The number of carboxylic acid groups (broad SMARTS) is 1. The lowest BCUT2D eigenvalue weighted by Crippen LogP contribution is -2.59. The van der Waals surface area contributed by atoms with Crippen LogP contribution in [0.25, 0.3) is 11.1 Å². The summed E-state index contributed by atoms with van der Waals surface area (Å²) < 4.78 is 19.5. The van der Waals surface area contributed by atoms with E-state index in [1.54, 1.807) is 36.0 Å². The molecule has 1 unspecified atom stereocenters. The molecular formula is C42H41FN4O7S. The monoisotopic (exact) mass is 764 g/mol. The Labute approximate surface area is 322 Å². The summed E-state index contributed by atoms with van der Waals surface area (Å²) in [5.74, 6) is -4.09. The van der Waals surface area contributed by atoms with Crippen LogP contribution in [0.4, 0.5) is 4.39 Å². The van der Waals surface area contributed by atoms with Gasteiger partial charge >= 0.3 is 5.97 Å². The molecule has 3 aliphatic rings. The Morgan fingerprint density at radius 1 is 0.709 bits per heavy atom. The van der Waals surface area contributed by atoms with Gasteiger partial charge in [-0.15, -0.1) is 11.8 Å². The number of thioether (sulfide) groups is 1. The minimum atomic E-state index is -1.37. The van der Waals surface area contributed by atoms with E-state index in [4.69, 9.17) is 4.74 Å². The van der Waals surface area contributed by atoms with Gasteiger partial charge in [0.05, 0.1) is 0 Å². The van der Waals surface area contributed by atoms with Gasteiger partial charge in [0, 0.05) is 24.5 Å². The van der Waals surface area contributed by atoms with Gasteiger partial charge in [0.15, 0.2) is 6.61 Å². The Morgan fingerprint density at radius 3 is 1.89 bits per heavy atom. The molecule has 3 heterocycles. The van der Waals surface area contributed by atoms with Gasteiger partial charge in [-0.25, -0.2) is 9.18 Å². The zero-order valence-electron chi connectivity index (χ0n) is 29.8. The number of carboxylic acids is 1. The zero-order valence-corrected chi connectivity index (χ0v) is 30.6. The van der Waals surface area contributed by atoms with Gasteiger partial charge in [-0.05, 0) is 70.3 Å². The van der Waals surface area contributed by atoms with Crippen molar-refractivity contribution in [2.75, 3.05) is 6.61 Å². The topological polar surface area (TPSA) is 163 Å². The summed E-state index contributed by atoms with van der Waals surface area (Å²) in [6.07, 6.45) is 2.78. The number of ether oxygens (including phenoxy) is 1. The average molecular weight is 765 g/mol. The number of hydrogen-bond donors (Lipinski definition) is 5. The highest BCUT2D eigenvalue weighted by atomic mass is 32.2. The van der Waals surface area contributed by atoms with E-state index < -0.39 is 66.2 Å². The van der Waals surface area contributed by atoms with Gasteiger partial charge in [0.1, 0.15) is 35.7 Å². The van der Waals surface area contributed by atoms with E-state index in [0.29, 0.717) is 28.9 Å². The minimum absolute atomic E-state index is 0.00916. The van der Waals surface area contributed by atoms with Crippen molar-refractivity contribution in [1.82, 2.24) is 21.3 Å². The first-order valence-electron chi connectivity index (χ1n) is 17.9. The smallest absolute Gasteiger partial charge is 0.326 e. The zero-order chi connectivity index (χ0) is 38.7. The molecule has 0 aromatic heterocycles. The maximum absolute atomic E-state index is 14.3. The first-order chi connectivity index (χ1) is 26.6. The number of carbonyl (C=O) groups excluding carboxylic acids is 4. The van der Waals surface area contributed by atoms with Crippen LogP contribution >= 0.6 is 11.8 Å². The van der Waals surface area contributed by atoms with Crippen molar-refractivity contribution < 1.29 is 38.2 Å². The summed E-state index contributed by atoms with van der Waals surface area (Å²) in [7, 11) is 0. The molecule has 55 heavy (non-hydrogen) atoms. The largest absolute Gasteiger partial charge is 0.484 e. The van der Waals surface area contributed by atoms with Crippen molar-refractivity contribution in [2.45, 2.75) is 61.5 Å². The molecule has 2 bridgehead atoms. The van der Waals surface area contributed by atoms with E-state index in [-0.39, 0.29) is 30.9 Å². The second-order valence-corrected chi connectivity index (χ2v) is 14.7. The molecule has 4 aromatic carbocycles. The SMILES string of the molecule is O=C1COc2ccc(cc2)C[C@@H](C(=O)O)NC(=O)[C@@H](Cc2ccc(F)cc2)NC(=O)[C@H](Cc2ccc(-c3ccccc3)cc2)NC(=O)[C@@H](CC2CC=CS2)N1. The maximum Gasteiger partial charge on any atom is 0.326 e. The van der Waals surface area contributed by atoms with Crippen molar-refractivity contribution in [3.8, 4) is 16.9 Å².